The van der Waals surface area contributed by atoms with Crippen molar-refractivity contribution in [1.29, 1.82) is 0 Å². The van der Waals surface area contributed by atoms with E-state index in [-0.39, 0.29) is 35.9 Å². The van der Waals surface area contributed by atoms with Gasteiger partial charge in [-0.25, -0.2) is 14.6 Å². The number of nitrogens with one attached hydrogen (secondary N) is 2. The Kier molecular flexibility index (Phi) is 13.2. The minimum Gasteiger partial charge on any atom is -0.457 e. The Hall–Kier alpha value is -6.64. The van der Waals surface area contributed by atoms with E-state index in [9.17, 15) is 24.0 Å². The number of imide groups is 2. The molecule has 5 heterocycles. The zero-order chi connectivity index (χ0) is 43.0. The molecule has 3 aromatic carbocycles. The topological polar surface area (TPSA) is 195 Å². The summed E-state index contributed by atoms with van der Waals surface area (Å²) in [5.74, 6) is 0.0273. The molecule has 3 aliphatic rings. The lowest BCUT2D eigenvalue weighted by molar-refractivity contribution is -0.136. The maximum Gasteiger partial charge on any atom is 0.262 e. The van der Waals surface area contributed by atoms with Crippen LogP contribution in [0, 0.1) is 0 Å². The van der Waals surface area contributed by atoms with Crippen LogP contribution in [0.15, 0.2) is 79.1 Å². The first-order valence-corrected chi connectivity index (χ1v) is 21.9. The number of benzene rings is 3. The Morgan fingerprint density at radius 2 is 1.52 bits per heavy atom. The Balaban J connectivity index is 0.719. The van der Waals surface area contributed by atoms with Gasteiger partial charge < -0.3 is 20.7 Å². The number of anilines is 2. The zero-order valence-electron chi connectivity index (χ0n) is 34.9. The number of aromatic nitrogens is 4. The van der Waals surface area contributed by atoms with E-state index < -0.39 is 29.7 Å². The largest absolute Gasteiger partial charge is 0.457 e. The molecule has 1 unspecified atom stereocenters. The first-order valence-electron chi connectivity index (χ1n) is 21.9. The van der Waals surface area contributed by atoms with Crippen molar-refractivity contribution in [2.45, 2.75) is 102 Å². The summed E-state index contributed by atoms with van der Waals surface area (Å²) < 4.78 is 7.93. The number of nitrogens with two attached hydrogens (primary N) is 1. The van der Waals surface area contributed by atoms with E-state index in [0.29, 0.717) is 41.3 Å². The Morgan fingerprint density at radius 3 is 2.27 bits per heavy atom. The highest BCUT2D eigenvalue weighted by Crippen LogP contribution is 2.35. The molecule has 2 fully saturated rings. The van der Waals surface area contributed by atoms with E-state index in [4.69, 9.17) is 15.6 Å². The van der Waals surface area contributed by atoms with Crippen LogP contribution in [0.25, 0.3) is 22.3 Å². The second-order valence-corrected chi connectivity index (χ2v) is 16.4. The van der Waals surface area contributed by atoms with Crippen molar-refractivity contribution in [3.05, 3.63) is 90.3 Å². The van der Waals surface area contributed by atoms with Gasteiger partial charge in [0.15, 0.2) is 5.65 Å². The number of hydrogen-bond acceptors (Lipinski definition) is 11. The smallest absolute Gasteiger partial charge is 0.262 e. The Morgan fingerprint density at radius 1 is 0.806 bits per heavy atom. The fraction of sp³-hybridized carbons (Fsp3) is 0.404. The summed E-state index contributed by atoms with van der Waals surface area (Å²) >= 11 is 0. The maximum atomic E-state index is 13.4. The number of likely N-dealkylation sites (tertiary alicyclic amines) is 1. The molecule has 62 heavy (non-hydrogen) atoms. The number of fused-ring (bicyclic) bond motifs is 2. The van der Waals surface area contributed by atoms with Gasteiger partial charge in [-0.3, -0.25) is 34.2 Å². The molecule has 5 aromatic rings. The first kappa shape index (κ1) is 42.1. The third-order valence-corrected chi connectivity index (χ3v) is 12.1. The number of rotatable bonds is 18. The number of carbonyl (C=O) groups excluding carboxylic acids is 5. The van der Waals surface area contributed by atoms with Gasteiger partial charge in [0, 0.05) is 43.7 Å². The number of nitrogens with zero attached hydrogens (tertiary/aromatic N) is 6. The van der Waals surface area contributed by atoms with Gasteiger partial charge in [0.05, 0.1) is 22.6 Å². The summed E-state index contributed by atoms with van der Waals surface area (Å²) in [4.78, 5) is 75.1. The monoisotopic (exact) mass is 839 g/mol. The van der Waals surface area contributed by atoms with E-state index in [2.05, 4.69) is 20.6 Å². The van der Waals surface area contributed by atoms with Crippen LogP contribution in [0.2, 0.25) is 0 Å². The third-order valence-electron chi connectivity index (χ3n) is 12.1. The number of amides is 5. The minimum absolute atomic E-state index is 0.0219. The van der Waals surface area contributed by atoms with Crippen molar-refractivity contribution >= 4 is 52.1 Å². The molecule has 322 valence electrons. The van der Waals surface area contributed by atoms with Crippen LogP contribution in [0.4, 0.5) is 11.5 Å². The molecule has 15 heteroatoms. The fourth-order valence-electron chi connectivity index (χ4n) is 8.75. The van der Waals surface area contributed by atoms with E-state index >= 15 is 0 Å². The van der Waals surface area contributed by atoms with Crippen molar-refractivity contribution in [3.63, 3.8) is 0 Å². The molecule has 5 amide bonds. The number of carbonyl (C=O) groups is 5. The number of unbranched alkanes of at least 4 members (excludes halogenated alkanes) is 8. The second-order valence-electron chi connectivity index (χ2n) is 16.4. The van der Waals surface area contributed by atoms with Crippen LogP contribution in [-0.2, 0) is 14.4 Å². The van der Waals surface area contributed by atoms with Crippen molar-refractivity contribution in [2.24, 2.45) is 0 Å². The molecular formula is C47H53N9O6. The number of piperidine rings is 2. The number of hydrogen-bond donors (Lipinski definition) is 3. The van der Waals surface area contributed by atoms with Crippen molar-refractivity contribution in [2.75, 3.05) is 30.7 Å². The van der Waals surface area contributed by atoms with Crippen molar-refractivity contribution in [3.8, 4) is 22.8 Å². The maximum absolute atomic E-state index is 13.4. The minimum atomic E-state index is -0.970. The lowest BCUT2D eigenvalue weighted by Gasteiger charge is -2.33. The Labute approximate surface area is 360 Å². The van der Waals surface area contributed by atoms with Crippen LogP contribution < -0.4 is 21.1 Å². The van der Waals surface area contributed by atoms with Gasteiger partial charge in [0.25, 0.3) is 11.8 Å². The van der Waals surface area contributed by atoms with Gasteiger partial charge in [-0.15, -0.1) is 0 Å². The van der Waals surface area contributed by atoms with E-state index in [1.807, 2.05) is 64.2 Å². The second kappa shape index (κ2) is 19.4. The molecule has 0 spiro atoms. The van der Waals surface area contributed by atoms with Gasteiger partial charge in [0.1, 0.15) is 35.4 Å². The van der Waals surface area contributed by atoms with Gasteiger partial charge in [-0.05, 0) is 86.7 Å². The highest BCUT2D eigenvalue weighted by Gasteiger charge is 2.44. The molecule has 4 N–H and O–H groups in total. The molecule has 0 radical (unpaired) electrons. The fourth-order valence-corrected chi connectivity index (χ4v) is 8.75. The summed E-state index contributed by atoms with van der Waals surface area (Å²) in [7, 11) is 0. The van der Waals surface area contributed by atoms with E-state index in [1.165, 1.54) is 12.7 Å². The van der Waals surface area contributed by atoms with Crippen LogP contribution >= 0.6 is 0 Å². The summed E-state index contributed by atoms with van der Waals surface area (Å²) in [6.45, 7) is 2.07. The van der Waals surface area contributed by atoms with Crippen molar-refractivity contribution in [1.82, 2.24) is 34.9 Å². The molecule has 0 saturated carbocycles. The summed E-state index contributed by atoms with van der Waals surface area (Å²) in [6, 6.07) is 21.5. The number of nitrogen functional groups attached to an aromatic ring is 1. The van der Waals surface area contributed by atoms with Crippen LogP contribution in [0.1, 0.15) is 117 Å². The molecule has 0 aliphatic carbocycles. The molecule has 0 bridgehead atoms. The highest BCUT2D eigenvalue weighted by atomic mass is 16.5. The Bertz CT molecular complexity index is 2440. The van der Waals surface area contributed by atoms with E-state index in [1.54, 1.807) is 18.2 Å². The molecule has 8 rings (SSSR count). The summed E-state index contributed by atoms with van der Waals surface area (Å²) in [5.41, 5.74) is 9.98. The SMILES string of the molecule is Nc1ncnc2c1c(-c1ccc(Oc3ccccc3)cc1)nn2[C@@H]1CCCN(C(=O)CCCCCCCCCCCNc2ccc3c(c2)C(=O)N(C2CCC(=O)NC2=O)C3=O)C1. The summed E-state index contributed by atoms with van der Waals surface area (Å²) in [5, 5.41) is 11.3. The van der Waals surface area contributed by atoms with Gasteiger partial charge in [-0.2, -0.15) is 5.10 Å². The molecule has 3 aliphatic heterocycles. The number of ether oxygens (including phenoxy) is 1. The quantitative estimate of drug-likeness (QED) is 0.0586. The van der Waals surface area contributed by atoms with Crippen LogP contribution in [-0.4, -0.2) is 84.8 Å². The molecule has 2 atom stereocenters. The van der Waals surface area contributed by atoms with Crippen LogP contribution in [0.3, 0.4) is 0 Å². The predicted molar refractivity (Wildman–Crippen MR) is 234 cm³/mol. The first-order chi connectivity index (χ1) is 30.2. The third kappa shape index (κ3) is 9.46. The standard InChI is InChI=1S/C47H53N9O6/c48-43-41-42(31-18-21-35(22-19-31)62-34-15-9-8-10-16-34)53-56(44(41)51-30-50-43)33-14-13-27-54(29-33)40(58)17-11-6-4-2-1-3-5-7-12-26-49-32-20-23-36-37(28-32)47(61)55(46(36)60)38-24-25-39(57)52-45(38)59/h8-10,15-16,18-23,28,30,33,38,49H,1-7,11-14,17,24-27,29H2,(H2,48,50,51)(H,52,57,59)/t33-,38?/m1/s1. The van der Waals surface area contributed by atoms with Crippen LogP contribution in [0.5, 0.6) is 11.5 Å². The normalized spacial score (nSPS) is 17.7. The average molecular weight is 840 g/mol. The number of para-hydroxylation sites is 1. The lowest BCUT2D eigenvalue weighted by atomic mass is 10.0. The predicted octanol–water partition coefficient (Wildman–Crippen LogP) is 7.45. The molecule has 2 aromatic heterocycles. The average Bonchev–Trinajstić information content (AvgIpc) is 3.79. The summed E-state index contributed by atoms with van der Waals surface area (Å²) in [6.07, 6.45) is 13.7. The van der Waals surface area contributed by atoms with Gasteiger partial charge in [0.2, 0.25) is 17.7 Å². The van der Waals surface area contributed by atoms with E-state index in [0.717, 1.165) is 99.2 Å². The zero-order valence-corrected chi connectivity index (χ0v) is 34.9. The molecular weight excluding hydrogens is 787 g/mol. The highest BCUT2D eigenvalue weighted by molar-refractivity contribution is 6.23. The molecule has 15 nitrogen and oxygen atoms in total. The lowest BCUT2D eigenvalue weighted by Crippen LogP contribution is -2.54. The van der Waals surface area contributed by atoms with Crippen molar-refractivity contribution < 1.29 is 28.7 Å². The van der Waals surface area contributed by atoms with Gasteiger partial charge in [-0.1, -0.05) is 63.1 Å². The molecule has 2 saturated heterocycles. The van der Waals surface area contributed by atoms with Gasteiger partial charge >= 0.3 is 0 Å².